The Morgan fingerprint density at radius 1 is 1.16 bits per heavy atom. The summed E-state index contributed by atoms with van der Waals surface area (Å²) in [6.45, 7) is 5.45. The van der Waals surface area contributed by atoms with Gasteiger partial charge >= 0.3 is 0 Å². The van der Waals surface area contributed by atoms with Crippen molar-refractivity contribution in [1.29, 1.82) is 0 Å². The van der Waals surface area contributed by atoms with Crippen molar-refractivity contribution >= 4 is 12.0 Å². The summed E-state index contributed by atoms with van der Waals surface area (Å²) >= 11 is 0. The number of hydrogen-bond acceptors (Lipinski definition) is 4. The number of nitrogens with one attached hydrogen (secondary N) is 1. The van der Waals surface area contributed by atoms with Crippen LogP contribution in [0.2, 0.25) is 0 Å². The van der Waals surface area contributed by atoms with E-state index in [1.165, 1.54) is 6.08 Å². The molecule has 3 rings (SSSR count). The van der Waals surface area contributed by atoms with Gasteiger partial charge in [0.05, 0.1) is 25.5 Å². The number of carbonyl (C=O) groups is 1. The highest BCUT2D eigenvalue weighted by Crippen LogP contribution is 2.34. The summed E-state index contributed by atoms with van der Waals surface area (Å²) in [6.07, 6.45) is 5.58. The molecule has 1 aromatic heterocycles. The zero-order chi connectivity index (χ0) is 17.6. The number of furan rings is 1. The van der Waals surface area contributed by atoms with Crippen LogP contribution < -0.4 is 14.8 Å². The summed E-state index contributed by atoms with van der Waals surface area (Å²) in [5.74, 6) is 2.20. The van der Waals surface area contributed by atoms with Crippen LogP contribution in [0.25, 0.3) is 6.08 Å². The molecular formula is C20H23NO4. The molecule has 1 atom stereocenters. The van der Waals surface area contributed by atoms with Gasteiger partial charge < -0.3 is 19.2 Å². The van der Waals surface area contributed by atoms with Crippen molar-refractivity contribution < 1.29 is 18.7 Å². The molecule has 0 radical (unpaired) electrons. The average molecular weight is 341 g/mol. The van der Waals surface area contributed by atoms with E-state index in [-0.39, 0.29) is 17.9 Å². The normalized spacial score (nSPS) is 15.2. The Hall–Kier alpha value is -2.69. The third-order valence-corrected chi connectivity index (χ3v) is 4.04. The molecular weight excluding hydrogens is 318 g/mol. The third-order valence-electron chi connectivity index (χ3n) is 4.04. The van der Waals surface area contributed by atoms with Gasteiger partial charge in [-0.05, 0) is 41.8 Å². The Kier molecular flexibility index (Phi) is 5.43. The quantitative estimate of drug-likeness (QED) is 0.836. The summed E-state index contributed by atoms with van der Waals surface area (Å²) in [5.41, 5.74) is 0.999. The Balaban J connectivity index is 1.74. The van der Waals surface area contributed by atoms with E-state index in [0.717, 1.165) is 23.5 Å². The molecule has 5 heteroatoms. The Morgan fingerprint density at radius 3 is 2.68 bits per heavy atom. The van der Waals surface area contributed by atoms with E-state index in [1.54, 1.807) is 24.5 Å². The smallest absolute Gasteiger partial charge is 0.244 e. The summed E-state index contributed by atoms with van der Waals surface area (Å²) in [7, 11) is 0. The molecule has 0 saturated heterocycles. The van der Waals surface area contributed by atoms with Crippen LogP contribution in [0.1, 0.15) is 37.6 Å². The van der Waals surface area contributed by atoms with E-state index < -0.39 is 0 Å². The maximum atomic E-state index is 12.3. The fraction of sp³-hybridized carbons (Fsp3) is 0.350. The largest absolute Gasteiger partial charge is 0.490 e. The number of rotatable bonds is 5. The molecule has 0 unspecified atom stereocenters. The molecule has 1 aliphatic heterocycles. The molecule has 132 valence electrons. The maximum absolute atomic E-state index is 12.3. The highest BCUT2D eigenvalue weighted by atomic mass is 16.5. The molecule has 0 spiro atoms. The first-order valence-corrected chi connectivity index (χ1v) is 8.55. The molecule has 25 heavy (non-hydrogen) atoms. The summed E-state index contributed by atoms with van der Waals surface area (Å²) in [5, 5.41) is 3.05. The number of ether oxygens (including phenoxy) is 2. The van der Waals surface area contributed by atoms with Gasteiger partial charge in [-0.25, -0.2) is 0 Å². The Morgan fingerprint density at radius 2 is 1.96 bits per heavy atom. The highest BCUT2D eigenvalue weighted by Gasteiger charge is 2.20. The molecule has 0 fully saturated rings. The highest BCUT2D eigenvalue weighted by molar-refractivity contribution is 5.91. The van der Waals surface area contributed by atoms with Crippen molar-refractivity contribution in [1.82, 2.24) is 5.32 Å². The van der Waals surface area contributed by atoms with Crippen molar-refractivity contribution in [2.75, 3.05) is 13.2 Å². The monoisotopic (exact) mass is 341 g/mol. The van der Waals surface area contributed by atoms with Crippen molar-refractivity contribution in [2.45, 2.75) is 26.3 Å². The summed E-state index contributed by atoms with van der Waals surface area (Å²) < 4.78 is 16.6. The van der Waals surface area contributed by atoms with E-state index in [2.05, 4.69) is 19.2 Å². The van der Waals surface area contributed by atoms with Gasteiger partial charge in [0.25, 0.3) is 0 Å². The minimum atomic E-state index is -0.165. The minimum Gasteiger partial charge on any atom is -0.490 e. The van der Waals surface area contributed by atoms with Gasteiger partial charge in [-0.1, -0.05) is 19.9 Å². The van der Waals surface area contributed by atoms with Gasteiger partial charge in [0, 0.05) is 12.5 Å². The van der Waals surface area contributed by atoms with Crippen LogP contribution in [0.15, 0.2) is 47.1 Å². The standard InChI is InChI=1S/C20H23NO4/c1-14(2)20(21-19(22)9-7-16-5-3-10-23-16)15-6-8-17-18(13-15)25-12-4-11-24-17/h3,5-10,13-14,20H,4,11-12H2,1-2H3,(H,21,22)/b9-7+/t20-/m0/s1. The van der Waals surface area contributed by atoms with Crippen molar-refractivity contribution in [3.63, 3.8) is 0 Å². The first-order valence-electron chi connectivity index (χ1n) is 8.55. The molecule has 1 aromatic carbocycles. The second-order valence-electron chi connectivity index (χ2n) is 6.34. The number of benzene rings is 1. The SMILES string of the molecule is CC(C)[C@H](NC(=O)/C=C/c1ccco1)c1ccc2c(c1)OCCCO2. The van der Waals surface area contributed by atoms with E-state index in [0.29, 0.717) is 19.0 Å². The van der Waals surface area contributed by atoms with Crippen LogP contribution in [-0.4, -0.2) is 19.1 Å². The topological polar surface area (TPSA) is 60.7 Å². The molecule has 0 bridgehead atoms. The van der Waals surface area contributed by atoms with Gasteiger partial charge in [-0.2, -0.15) is 0 Å². The minimum absolute atomic E-state index is 0.120. The van der Waals surface area contributed by atoms with E-state index in [1.807, 2.05) is 18.2 Å². The maximum Gasteiger partial charge on any atom is 0.244 e. The fourth-order valence-corrected chi connectivity index (χ4v) is 2.75. The molecule has 0 saturated carbocycles. The lowest BCUT2D eigenvalue weighted by atomic mass is 9.95. The zero-order valence-corrected chi connectivity index (χ0v) is 14.5. The van der Waals surface area contributed by atoms with Crippen molar-refractivity contribution in [3.8, 4) is 11.5 Å². The molecule has 1 amide bonds. The van der Waals surface area contributed by atoms with Gasteiger partial charge in [0.15, 0.2) is 11.5 Å². The second-order valence-corrected chi connectivity index (χ2v) is 6.34. The van der Waals surface area contributed by atoms with Crippen LogP contribution in [0.3, 0.4) is 0 Å². The first kappa shape index (κ1) is 17.1. The molecule has 2 aromatic rings. The fourth-order valence-electron chi connectivity index (χ4n) is 2.75. The lowest BCUT2D eigenvalue weighted by Gasteiger charge is -2.23. The van der Waals surface area contributed by atoms with Crippen LogP contribution in [0, 0.1) is 5.92 Å². The van der Waals surface area contributed by atoms with E-state index in [9.17, 15) is 4.79 Å². The predicted molar refractivity (Wildman–Crippen MR) is 95.5 cm³/mol. The van der Waals surface area contributed by atoms with Crippen molar-refractivity contribution in [3.05, 3.63) is 54.0 Å². The predicted octanol–water partition coefficient (Wildman–Crippen LogP) is 3.97. The Bertz CT molecular complexity index is 734. The lowest BCUT2D eigenvalue weighted by molar-refractivity contribution is -0.117. The van der Waals surface area contributed by atoms with Gasteiger partial charge in [0.1, 0.15) is 5.76 Å². The first-order chi connectivity index (χ1) is 12.1. The summed E-state index contributed by atoms with van der Waals surface area (Å²) in [4.78, 5) is 12.3. The molecule has 0 aliphatic carbocycles. The lowest BCUT2D eigenvalue weighted by Crippen LogP contribution is -2.30. The second kappa shape index (κ2) is 7.92. The van der Waals surface area contributed by atoms with Crippen LogP contribution in [-0.2, 0) is 4.79 Å². The molecule has 1 N–H and O–H groups in total. The van der Waals surface area contributed by atoms with Gasteiger partial charge in [0.2, 0.25) is 5.91 Å². The number of hydrogen-bond donors (Lipinski definition) is 1. The van der Waals surface area contributed by atoms with Crippen LogP contribution >= 0.6 is 0 Å². The van der Waals surface area contributed by atoms with E-state index >= 15 is 0 Å². The van der Waals surface area contributed by atoms with E-state index in [4.69, 9.17) is 13.9 Å². The zero-order valence-electron chi connectivity index (χ0n) is 14.5. The van der Waals surface area contributed by atoms with Gasteiger partial charge in [-0.3, -0.25) is 4.79 Å². The van der Waals surface area contributed by atoms with Crippen LogP contribution in [0.4, 0.5) is 0 Å². The molecule has 1 aliphatic rings. The molecule has 5 nitrogen and oxygen atoms in total. The van der Waals surface area contributed by atoms with Crippen molar-refractivity contribution in [2.24, 2.45) is 5.92 Å². The number of amides is 1. The molecule has 2 heterocycles. The third kappa shape index (κ3) is 4.44. The number of carbonyl (C=O) groups excluding carboxylic acids is 1. The summed E-state index contributed by atoms with van der Waals surface area (Å²) in [6, 6.07) is 9.32. The average Bonchev–Trinajstić information content (AvgIpc) is 3.01. The van der Waals surface area contributed by atoms with Gasteiger partial charge in [-0.15, -0.1) is 0 Å². The number of fused-ring (bicyclic) bond motifs is 1. The van der Waals surface area contributed by atoms with Crippen LogP contribution in [0.5, 0.6) is 11.5 Å². The Labute approximate surface area is 147 Å².